The first kappa shape index (κ1) is 12.4. The molecule has 0 aromatic carbocycles. The Kier molecular flexibility index (Phi) is 3.89. The van der Waals surface area contributed by atoms with Crippen molar-refractivity contribution in [2.75, 3.05) is 0 Å². The molecule has 0 bridgehead atoms. The molecule has 0 heterocycles. The van der Waals surface area contributed by atoms with Crippen molar-refractivity contribution < 1.29 is 4.79 Å². The topological polar surface area (TPSA) is 17.1 Å². The Morgan fingerprint density at radius 2 is 1.54 bits per heavy atom. The van der Waals surface area contributed by atoms with Gasteiger partial charge in [-0.25, -0.2) is 0 Å². The molecular weight excluding hydrogens is 160 g/mol. The van der Waals surface area contributed by atoms with Crippen molar-refractivity contribution in [3.8, 4) is 0 Å². The molecule has 76 valence electrons. The Bertz CT molecular complexity index is 198. The lowest BCUT2D eigenvalue weighted by Gasteiger charge is -2.16. The minimum Gasteiger partial charge on any atom is -0.299 e. The van der Waals surface area contributed by atoms with E-state index in [2.05, 4.69) is 26.8 Å². The third-order valence-corrected chi connectivity index (χ3v) is 1.76. The van der Waals surface area contributed by atoms with Gasteiger partial charge in [0.15, 0.2) is 0 Å². The van der Waals surface area contributed by atoms with Gasteiger partial charge in [-0.05, 0) is 5.41 Å². The van der Waals surface area contributed by atoms with Crippen molar-refractivity contribution in [2.24, 2.45) is 10.8 Å². The van der Waals surface area contributed by atoms with E-state index < -0.39 is 0 Å². The minimum absolute atomic E-state index is 0.179. The van der Waals surface area contributed by atoms with Crippen LogP contribution in [0.15, 0.2) is 12.2 Å². The first-order valence-corrected chi connectivity index (χ1v) is 4.84. The number of ketones is 1. The van der Waals surface area contributed by atoms with Gasteiger partial charge in [-0.3, -0.25) is 4.79 Å². The molecule has 0 fully saturated rings. The number of hydrogen-bond donors (Lipinski definition) is 0. The van der Waals surface area contributed by atoms with Gasteiger partial charge in [0.25, 0.3) is 0 Å². The highest BCUT2D eigenvalue weighted by Gasteiger charge is 2.19. The zero-order valence-electron chi connectivity index (χ0n) is 9.77. The van der Waals surface area contributed by atoms with Crippen LogP contribution in [-0.4, -0.2) is 5.78 Å². The van der Waals surface area contributed by atoms with Crippen LogP contribution in [0, 0.1) is 10.8 Å². The first-order chi connectivity index (χ1) is 5.63. The van der Waals surface area contributed by atoms with Crippen LogP contribution in [-0.2, 0) is 4.79 Å². The summed E-state index contributed by atoms with van der Waals surface area (Å²) in [5.74, 6) is 0.299. The average molecular weight is 182 g/mol. The molecule has 0 rings (SSSR count). The number of allylic oxidation sites excluding steroid dienone is 2. The molecule has 0 aliphatic rings. The number of rotatable bonds is 2. The van der Waals surface area contributed by atoms with Gasteiger partial charge < -0.3 is 0 Å². The summed E-state index contributed by atoms with van der Waals surface area (Å²) in [6.45, 7) is 12.3. The maximum atomic E-state index is 11.5. The molecule has 1 nitrogen and oxygen atoms in total. The standard InChI is InChI=1S/C12H22O/c1-11(2,3)9-7-8-10(13)12(4,5)6/h7,9H,8H2,1-6H3. The SMILES string of the molecule is CC(C)(C)C=CCC(=O)C(C)(C)C. The fraction of sp³-hybridized carbons (Fsp3) is 0.750. The molecule has 0 radical (unpaired) electrons. The van der Waals surface area contributed by atoms with E-state index >= 15 is 0 Å². The molecule has 13 heavy (non-hydrogen) atoms. The molecular formula is C12H22O. The van der Waals surface area contributed by atoms with Gasteiger partial charge in [0.1, 0.15) is 5.78 Å². The van der Waals surface area contributed by atoms with Crippen molar-refractivity contribution in [1.82, 2.24) is 0 Å². The summed E-state index contributed by atoms with van der Waals surface area (Å²) in [5, 5.41) is 0. The summed E-state index contributed by atoms with van der Waals surface area (Å²) in [7, 11) is 0. The number of carbonyl (C=O) groups is 1. The lowest BCUT2D eigenvalue weighted by molar-refractivity contribution is -0.125. The fourth-order valence-electron chi connectivity index (χ4n) is 0.826. The summed E-state index contributed by atoms with van der Waals surface area (Å²) in [4.78, 5) is 11.5. The number of hydrogen-bond acceptors (Lipinski definition) is 1. The predicted octanol–water partition coefficient (Wildman–Crippen LogP) is 3.59. The Labute approximate surface area is 82.2 Å². The summed E-state index contributed by atoms with van der Waals surface area (Å²) >= 11 is 0. The smallest absolute Gasteiger partial charge is 0.141 e. The summed E-state index contributed by atoms with van der Waals surface area (Å²) in [6, 6.07) is 0. The number of carbonyl (C=O) groups excluding carboxylic acids is 1. The predicted molar refractivity (Wildman–Crippen MR) is 57.7 cm³/mol. The number of Topliss-reactive ketones (excluding diaryl/α,β-unsaturated/α-hetero) is 1. The van der Waals surface area contributed by atoms with Gasteiger partial charge in [-0.2, -0.15) is 0 Å². The zero-order valence-corrected chi connectivity index (χ0v) is 9.77. The summed E-state index contributed by atoms with van der Waals surface area (Å²) in [6.07, 6.45) is 4.63. The molecule has 0 atom stereocenters. The largest absolute Gasteiger partial charge is 0.299 e. The fourth-order valence-corrected chi connectivity index (χ4v) is 0.826. The van der Waals surface area contributed by atoms with Gasteiger partial charge >= 0.3 is 0 Å². The second-order valence-electron chi connectivity index (χ2n) is 5.65. The molecule has 0 N–H and O–H groups in total. The molecule has 0 saturated carbocycles. The van der Waals surface area contributed by atoms with Crippen molar-refractivity contribution in [3.05, 3.63) is 12.2 Å². The van der Waals surface area contributed by atoms with Crippen LogP contribution < -0.4 is 0 Å². The minimum atomic E-state index is -0.206. The van der Waals surface area contributed by atoms with Crippen molar-refractivity contribution in [1.29, 1.82) is 0 Å². The molecule has 0 spiro atoms. The van der Waals surface area contributed by atoms with E-state index in [4.69, 9.17) is 0 Å². The van der Waals surface area contributed by atoms with Gasteiger partial charge in [0.2, 0.25) is 0 Å². The molecule has 0 aromatic rings. The van der Waals surface area contributed by atoms with Crippen LogP contribution in [0.3, 0.4) is 0 Å². The van der Waals surface area contributed by atoms with Crippen LogP contribution in [0.2, 0.25) is 0 Å². The Morgan fingerprint density at radius 1 is 1.08 bits per heavy atom. The molecule has 0 saturated heterocycles. The van der Waals surface area contributed by atoms with E-state index in [0.717, 1.165) is 0 Å². The lowest BCUT2D eigenvalue weighted by Crippen LogP contribution is -2.19. The highest BCUT2D eigenvalue weighted by molar-refractivity contribution is 5.84. The third kappa shape index (κ3) is 6.56. The molecule has 0 aliphatic heterocycles. The monoisotopic (exact) mass is 182 g/mol. The average Bonchev–Trinajstić information content (AvgIpc) is 1.82. The molecule has 0 aromatic heterocycles. The van der Waals surface area contributed by atoms with Crippen LogP contribution >= 0.6 is 0 Å². The first-order valence-electron chi connectivity index (χ1n) is 4.84. The maximum Gasteiger partial charge on any atom is 0.141 e. The Morgan fingerprint density at radius 3 is 1.85 bits per heavy atom. The van der Waals surface area contributed by atoms with Gasteiger partial charge in [-0.15, -0.1) is 0 Å². The zero-order chi connectivity index (χ0) is 10.7. The van der Waals surface area contributed by atoms with E-state index in [9.17, 15) is 4.79 Å². The van der Waals surface area contributed by atoms with Crippen molar-refractivity contribution in [2.45, 2.75) is 48.0 Å². The Hall–Kier alpha value is -0.590. The van der Waals surface area contributed by atoms with Crippen molar-refractivity contribution >= 4 is 5.78 Å². The van der Waals surface area contributed by atoms with E-state index in [1.807, 2.05) is 26.8 Å². The highest BCUT2D eigenvalue weighted by Crippen LogP contribution is 2.19. The second-order valence-corrected chi connectivity index (χ2v) is 5.65. The summed E-state index contributed by atoms with van der Waals surface area (Å²) < 4.78 is 0. The van der Waals surface area contributed by atoms with Gasteiger partial charge in [0.05, 0.1) is 0 Å². The lowest BCUT2D eigenvalue weighted by atomic mass is 9.88. The third-order valence-electron chi connectivity index (χ3n) is 1.76. The van der Waals surface area contributed by atoms with Crippen molar-refractivity contribution in [3.63, 3.8) is 0 Å². The normalized spacial score (nSPS) is 13.7. The van der Waals surface area contributed by atoms with E-state index in [0.29, 0.717) is 12.2 Å². The van der Waals surface area contributed by atoms with Crippen LogP contribution in [0.1, 0.15) is 48.0 Å². The van der Waals surface area contributed by atoms with Gasteiger partial charge in [0, 0.05) is 11.8 Å². The van der Waals surface area contributed by atoms with E-state index in [-0.39, 0.29) is 10.8 Å². The van der Waals surface area contributed by atoms with Crippen LogP contribution in [0.4, 0.5) is 0 Å². The quantitative estimate of drug-likeness (QED) is 0.596. The highest BCUT2D eigenvalue weighted by atomic mass is 16.1. The maximum absolute atomic E-state index is 11.5. The van der Waals surface area contributed by atoms with Crippen LogP contribution in [0.5, 0.6) is 0 Å². The van der Waals surface area contributed by atoms with Gasteiger partial charge in [-0.1, -0.05) is 53.7 Å². The summed E-state index contributed by atoms with van der Waals surface area (Å²) in [5.41, 5.74) is -0.0274. The second kappa shape index (κ2) is 4.08. The Balaban J connectivity index is 4.06. The molecule has 1 heteroatoms. The molecule has 0 unspecified atom stereocenters. The van der Waals surface area contributed by atoms with E-state index in [1.54, 1.807) is 0 Å². The van der Waals surface area contributed by atoms with Crippen LogP contribution in [0.25, 0.3) is 0 Å². The molecule has 0 aliphatic carbocycles. The molecule has 0 amide bonds. The van der Waals surface area contributed by atoms with E-state index in [1.165, 1.54) is 0 Å².